The number of rotatable bonds is 2. The summed E-state index contributed by atoms with van der Waals surface area (Å²) in [6.45, 7) is 5.87. The van der Waals surface area contributed by atoms with Gasteiger partial charge in [0.1, 0.15) is 0 Å². The fourth-order valence-electron chi connectivity index (χ4n) is 2.28. The summed E-state index contributed by atoms with van der Waals surface area (Å²) in [7, 11) is 0. The standard InChI is InChI=1S/C11H17NO3/c1-6-4-12(5-7(6)2)10(13)8-3-9(8)11(14)15/h6-9H,3-5H2,1-2H3,(H,14,15)/t6?,7?,8-,9+/m1/s1. The van der Waals surface area contributed by atoms with Crippen molar-refractivity contribution in [2.24, 2.45) is 23.7 Å². The Hall–Kier alpha value is -1.06. The molecule has 0 radical (unpaired) electrons. The lowest BCUT2D eigenvalue weighted by Gasteiger charge is -2.15. The van der Waals surface area contributed by atoms with Crippen LogP contribution in [0.1, 0.15) is 20.3 Å². The van der Waals surface area contributed by atoms with Gasteiger partial charge in [-0.15, -0.1) is 0 Å². The van der Waals surface area contributed by atoms with E-state index in [-0.39, 0.29) is 11.8 Å². The van der Waals surface area contributed by atoms with Gasteiger partial charge in [-0.25, -0.2) is 0 Å². The van der Waals surface area contributed by atoms with E-state index in [9.17, 15) is 9.59 Å². The lowest BCUT2D eigenvalue weighted by atomic mass is 10.0. The predicted octanol–water partition coefficient (Wildman–Crippen LogP) is 0.821. The summed E-state index contributed by atoms with van der Waals surface area (Å²) < 4.78 is 0. The number of carboxylic acid groups (broad SMARTS) is 1. The van der Waals surface area contributed by atoms with E-state index < -0.39 is 11.9 Å². The summed E-state index contributed by atoms with van der Waals surface area (Å²) >= 11 is 0. The molecule has 1 amide bonds. The lowest BCUT2D eigenvalue weighted by Crippen LogP contribution is -2.31. The average molecular weight is 211 g/mol. The minimum atomic E-state index is -0.825. The van der Waals surface area contributed by atoms with Crippen LogP contribution in [0.3, 0.4) is 0 Å². The van der Waals surface area contributed by atoms with Gasteiger partial charge in [0.15, 0.2) is 0 Å². The Bertz CT molecular complexity index is 292. The van der Waals surface area contributed by atoms with Crippen LogP contribution < -0.4 is 0 Å². The molecule has 0 spiro atoms. The van der Waals surface area contributed by atoms with Crippen molar-refractivity contribution >= 4 is 11.9 Å². The molecule has 2 rings (SSSR count). The zero-order valence-electron chi connectivity index (χ0n) is 9.14. The minimum absolute atomic E-state index is 0.0543. The molecule has 1 aliphatic heterocycles. The monoisotopic (exact) mass is 211 g/mol. The lowest BCUT2D eigenvalue weighted by molar-refractivity contribution is -0.141. The quantitative estimate of drug-likeness (QED) is 0.735. The van der Waals surface area contributed by atoms with Crippen molar-refractivity contribution in [1.82, 2.24) is 4.90 Å². The van der Waals surface area contributed by atoms with E-state index in [2.05, 4.69) is 13.8 Å². The van der Waals surface area contributed by atoms with E-state index in [4.69, 9.17) is 5.11 Å². The van der Waals surface area contributed by atoms with Crippen molar-refractivity contribution in [3.8, 4) is 0 Å². The van der Waals surface area contributed by atoms with E-state index >= 15 is 0 Å². The molecule has 4 atom stereocenters. The van der Waals surface area contributed by atoms with Crippen LogP contribution in [0, 0.1) is 23.7 Å². The zero-order valence-corrected chi connectivity index (χ0v) is 9.14. The largest absolute Gasteiger partial charge is 0.481 e. The Labute approximate surface area is 89.3 Å². The summed E-state index contributed by atoms with van der Waals surface area (Å²) in [5.74, 6) is -0.345. The van der Waals surface area contributed by atoms with Crippen LogP contribution in [0.5, 0.6) is 0 Å². The summed E-state index contributed by atoms with van der Waals surface area (Å²) in [5.41, 5.74) is 0. The number of likely N-dealkylation sites (tertiary alicyclic amines) is 1. The van der Waals surface area contributed by atoms with Gasteiger partial charge in [0.05, 0.1) is 11.8 Å². The maximum absolute atomic E-state index is 11.9. The number of aliphatic carboxylic acids is 1. The smallest absolute Gasteiger partial charge is 0.307 e. The minimum Gasteiger partial charge on any atom is -0.481 e. The number of amides is 1. The summed E-state index contributed by atoms with van der Waals surface area (Å²) in [4.78, 5) is 24.4. The topological polar surface area (TPSA) is 57.6 Å². The van der Waals surface area contributed by atoms with E-state index in [1.54, 1.807) is 0 Å². The van der Waals surface area contributed by atoms with Crippen LogP contribution >= 0.6 is 0 Å². The fourth-order valence-corrected chi connectivity index (χ4v) is 2.28. The Morgan fingerprint density at radius 3 is 2.07 bits per heavy atom. The summed E-state index contributed by atoms with van der Waals surface area (Å²) in [5, 5.41) is 8.75. The molecular formula is C11H17NO3. The molecule has 0 aromatic rings. The van der Waals surface area contributed by atoms with Crippen molar-refractivity contribution in [3.05, 3.63) is 0 Å². The molecule has 1 N–H and O–H groups in total. The van der Waals surface area contributed by atoms with Crippen LogP contribution in [0.4, 0.5) is 0 Å². The van der Waals surface area contributed by atoms with Gasteiger partial charge in [-0.3, -0.25) is 9.59 Å². The second kappa shape index (κ2) is 3.51. The molecule has 4 nitrogen and oxygen atoms in total. The van der Waals surface area contributed by atoms with Crippen molar-refractivity contribution in [2.45, 2.75) is 20.3 Å². The van der Waals surface area contributed by atoms with E-state index in [1.165, 1.54) is 0 Å². The molecule has 0 bridgehead atoms. The van der Waals surface area contributed by atoms with Gasteiger partial charge in [0.25, 0.3) is 0 Å². The number of carbonyl (C=O) groups excluding carboxylic acids is 1. The Morgan fingerprint density at radius 2 is 1.67 bits per heavy atom. The maximum Gasteiger partial charge on any atom is 0.307 e. The van der Waals surface area contributed by atoms with Crippen molar-refractivity contribution in [1.29, 1.82) is 0 Å². The number of hydrogen-bond acceptors (Lipinski definition) is 2. The number of hydrogen-bond donors (Lipinski definition) is 1. The van der Waals surface area contributed by atoms with Crippen LogP contribution in [0.2, 0.25) is 0 Å². The zero-order chi connectivity index (χ0) is 11.2. The van der Waals surface area contributed by atoms with E-state index in [0.717, 1.165) is 13.1 Å². The molecule has 1 saturated heterocycles. The van der Waals surface area contributed by atoms with Crippen LogP contribution in [-0.2, 0) is 9.59 Å². The highest BCUT2D eigenvalue weighted by Gasteiger charge is 2.50. The molecular weight excluding hydrogens is 194 g/mol. The molecule has 15 heavy (non-hydrogen) atoms. The van der Waals surface area contributed by atoms with Gasteiger partial charge in [0.2, 0.25) is 5.91 Å². The summed E-state index contributed by atoms with van der Waals surface area (Å²) in [6, 6.07) is 0. The molecule has 2 unspecified atom stereocenters. The molecule has 0 aromatic carbocycles. The third-order valence-corrected chi connectivity index (χ3v) is 3.72. The SMILES string of the molecule is CC1CN(C(=O)[C@@H]2C[C@@H]2C(=O)O)CC1C. The van der Waals surface area contributed by atoms with Gasteiger partial charge < -0.3 is 10.0 Å². The Morgan fingerprint density at radius 1 is 1.13 bits per heavy atom. The van der Waals surface area contributed by atoms with Crippen molar-refractivity contribution in [2.75, 3.05) is 13.1 Å². The van der Waals surface area contributed by atoms with Crippen LogP contribution in [-0.4, -0.2) is 35.0 Å². The molecule has 1 aliphatic carbocycles. The molecule has 2 aliphatic rings. The molecule has 4 heteroatoms. The second-order valence-electron chi connectivity index (χ2n) is 4.98. The first-order valence-electron chi connectivity index (χ1n) is 5.52. The van der Waals surface area contributed by atoms with Crippen molar-refractivity contribution < 1.29 is 14.7 Å². The van der Waals surface area contributed by atoms with E-state index in [1.807, 2.05) is 4.90 Å². The molecule has 1 saturated carbocycles. The first kappa shape index (κ1) is 10.5. The number of nitrogens with zero attached hydrogens (tertiary/aromatic N) is 1. The highest BCUT2D eigenvalue weighted by atomic mass is 16.4. The number of carbonyl (C=O) groups is 2. The second-order valence-corrected chi connectivity index (χ2v) is 4.98. The van der Waals surface area contributed by atoms with E-state index in [0.29, 0.717) is 18.3 Å². The fraction of sp³-hybridized carbons (Fsp3) is 0.818. The third-order valence-electron chi connectivity index (χ3n) is 3.72. The van der Waals surface area contributed by atoms with Gasteiger partial charge in [-0.05, 0) is 18.3 Å². The Balaban J connectivity index is 1.91. The highest BCUT2D eigenvalue weighted by molar-refractivity contribution is 5.89. The first-order valence-corrected chi connectivity index (χ1v) is 5.52. The van der Waals surface area contributed by atoms with Gasteiger partial charge in [-0.1, -0.05) is 13.8 Å². The maximum atomic E-state index is 11.9. The Kier molecular flexibility index (Phi) is 2.44. The molecule has 2 fully saturated rings. The molecule has 1 heterocycles. The molecule has 84 valence electrons. The van der Waals surface area contributed by atoms with Crippen LogP contribution in [0.15, 0.2) is 0 Å². The van der Waals surface area contributed by atoms with Crippen molar-refractivity contribution in [3.63, 3.8) is 0 Å². The predicted molar refractivity (Wildman–Crippen MR) is 54.1 cm³/mol. The van der Waals surface area contributed by atoms with Crippen LogP contribution in [0.25, 0.3) is 0 Å². The third kappa shape index (κ3) is 1.85. The van der Waals surface area contributed by atoms with Gasteiger partial charge in [-0.2, -0.15) is 0 Å². The van der Waals surface area contributed by atoms with Gasteiger partial charge >= 0.3 is 5.97 Å². The summed E-state index contributed by atoms with van der Waals surface area (Å²) in [6.07, 6.45) is 0.535. The molecule has 0 aromatic heterocycles. The first-order chi connectivity index (χ1) is 7.00. The normalized spacial score (nSPS) is 39.2. The average Bonchev–Trinajstić information content (AvgIpc) is 2.89. The number of carboxylic acids is 1. The highest BCUT2D eigenvalue weighted by Crippen LogP contribution is 2.41. The van der Waals surface area contributed by atoms with Gasteiger partial charge in [0, 0.05) is 13.1 Å².